The van der Waals surface area contributed by atoms with Crippen LogP contribution in [0, 0.1) is 11.8 Å². The topological polar surface area (TPSA) is 86.6 Å². The molecule has 0 aromatic carbocycles. The third-order valence-electron chi connectivity index (χ3n) is 5.13. The maximum Gasteiger partial charge on any atom is 0.335 e. The number of fused-ring (bicyclic) bond motifs is 1. The van der Waals surface area contributed by atoms with E-state index in [1.165, 1.54) is 0 Å². The Hall–Kier alpha value is -2.22. The SMILES string of the molecule is CC.CC(CCC(=O)On1nnc2c1C=CCC2)C(=O)OCC1CCCN(C)C1. The molecule has 2 unspecified atom stereocenters. The second kappa shape index (κ2) is 11.7. The first-order valence-electron chi connectivity index (χ1n) is 10.7. The highest BCUT2D eigenvalue weighted by atomic mass is 16.7. The van der Waals surface area contributed by atoms with E-state index in [4.69, 9.17) is 9.57 Å². The Balaban J connectivity index is 0.00000145. The fraction of sp³-hybridized carbons (Fsp3) is 0.714. The van der Waals surface area contributed by atoms with Gasteiger partial charge in [0, 0.05) is 18.9 Å². The van der Waals surface area contributed by atoms with Crippen LogP contribution in [0.4, 0.5) is 0 Å². The van der Waals surface area contributed by atoms with Crippen LogP contribution in [0.3, 0.4) is 0 Å². The number of carbonyl (C=O) groups excluding carboxylic acids is 2. The molecule has 29 heavy (non-hydrogen) atoms. The van der Waals surface area contributed by atoms with E-state index in [0.29, 0.717) is 24.6 Å². The minimum Gasteiger partial charge on any atom is -0.465 e. The van der Waals surface area contributed by atoms with E-state index in [0.717, 1.165) is 49.3 Å². The van der Waals surface area contributed by atoms with Gasteiger partial charge in [0.1, 0.15) is 5.69 Å². The summed E-state index contributed by atoms with van der Waals surface area (Å²) in [5.74, 6) is -0.632. The van der Waals surface area contributed by atoms with Crippen molar-refractivity contribution in [3.05, 3.63) is 17.5 Å². The van der Waals surface area contributed by atoms with Crippen LogP contribution in [0.25, 0.3) is 6.08 Å². The maximum atomic E-state index is 12.2. The van der Waals surface area contributed by atoms with E-state index in [1.54, 1.807) is 6.92 Å². The molecular formula is C21H34N4O4. The van der Waals surface area contributed by atoms with Gasteiger partial charge in [-0.1, -0.05) is 31.7 Å². The number of allylic oxidation sites excluding steroid dienone is 1. The van der Waals surface area contributed by atoms with Crippen molar-refractivity contribution in [3.63, 3.8) is 0 Å². The molecule has 1 fully saturated rings. The minimum absolute atomic E-state index is 0.126. The number of rotatable bonds is 7. The van der Waals surface area contributed by atoms with Gasteiger partial charge in [-0.2, -0.15) is 0 Å². The third-order valence-corrected chi connectivity index (χ3v) is 5.13. The quantitative estimate of drug-likeness (QED) is 0.508. The highest BCUT2D eigenvalue weighted by molar-refractivity contribution is 5.74. The predicted molar refractivity (Wildman–Crippen MR) is 110 cm³/mol. The van der Waals surface area contributed by atoms with Crippen molar-refractivity contribution in [2.24, 2.45) is 11.8 Å². The number of esters is 1. The second-order valence-corrected chi connectivity index (χ2v) is 7.54. The number of hydrogen-bond donors (Lipinski definition) is 0. The first kappa shape index (κ1) is 23.1. The lowest BCUT2D eigenvalue weighted by Gasteiger charge is -2.29. The van der Waals surface area contributed by atoms with Crippen LogP contribution in [0.15, 0.2) is 6.08 Å². The van der Waals surface area contributed by atoms with Gasteiger partial charge in [0.2, 0.25) is 0 Å². The lowest BCUT2D eigenvalue weighted by atomic mass is 9.99. The summed E-state index contributed by atoms with van der Waals surface area (Å²) in [7, 11) is 2.09. The number of aryl methyl sites for hydroxylation is 1. The standard InChI is InChI=1S/C19H28N4O4.C2H6/c1-14(19(25)26-13-15-6-5-11-22(2)12-15)9-10-18(24)27-23-17-8-4-3-7-16(17)20-21-23;1-2/h4,8,14-15H,3,5-7,9-13H2,1-2H3;1-2H3. The van der Waals surface area contributed by atoms with E-state index < -0.39 is 5.97 Å². The van der Waals surface area contributed by atoms with Gasteiger partial charge >= 0.3 is 11.9 Å². The van der Waals surface area contributed by atoms with Crippen molar-refractivity contribution in [3.8, 4) is 0 Å². The van der Waals surface area contributed by atoms with Gasteiger partial charge in [-0.3, -0.25) is 4.79 Å². The molecule has 162 valence electrons. The van der Waals surface area contributed by atoms with E-state index in [-0.39, 0.29) is 18.3 Å². The van der Waals surface area contributed by atoms with Crippen molar-refractivity contribution in [1.82, 2.24) is 20.1 Å². The molecule has 0 saturated carbocycles. The van der Waals surface area contributed by atoms with Gasteiger partial charge in [0.25, 0.3) is 0 Å². The van der Waals surface area contributed by atoms with Crippen LogP contribution in [-0.4, -0.2) is 58.7 Å². The molecule has 0 N–H and O–H groups in total. The highest BCUT2D eigenvalue weighted by Gasteiger charge is 2.22. The number of ether oxygens (including phenoxy) is 1. The second-order valence-electron chi connectivity index (χ2n) is 7.54. The maximum absolute atomic E-state index is 12.2. The summed E-state index contributed by atoms with van der Waals surface area (Å²) < 4.78 is 5.45. The van der Waals surface area contributed by atoms with Crippen LogP contribution in [0.5, 0.6) is 0 Å². The van der Waals surface area contributed by atoms with Gasteiger partial charge in [0.15, 0.2) is 0 Å². The Bertz CT molecular complexity index is 701. The van der Waals surface area contributed by atoms with Crippen LogP contribution >= 0.6 is 0 Å². The minimum atomic E-state index is -0.435. The van der Waals surface area contributed by atoms with E-state index >= 15 is 0 Å². The van der Waals surface area contributed by atoms with Crippen molar-refractivity contribution in [2.45, 2.75) is 59.3 Å². The molecule has 1 aromatic heterocycles. The summed E-state index contributed by atoms with van der Waals surface area (Å²) >= 11 is 0. The zero-order valence-electron chi connectivity index (χ0n) is 18.1. The predicted octanol–water partition coefficient (Wildman–Crippen LogP) is 2.52. The van der Waals surface area contributed by atoms with Gasteiger partial charge in [-0.25, -0.2) is 4.79 Å². The average molecular weight is 407 g/mol. The number of likely N-dealkylation sites (tertiary alicyclic amines) is 1. The third kappa shape index (κ3) is 6.96. The fourth-order valence-electron chi connectivity index (χ4n) is 3.47. The summed E-state index contributed by atoms with van der Waals surface area (Å²) in [6.45, 7) is 8.30. The van der Waals surface area contributed by atoms with E-state index in [2.05, 4.69) is 22.3 Å². The highest BCUT2D eigenvalue weighted by Crippen LogP contribution is 2.17. The van der Waals surface area contributed by atoms with Crippen LogP contribution in [0.1, 0.15) is 64.3 Å². The summed E-state index contributed by atoms with van der Waals surface area (Å²) in [5.41, 5.74) is 1.54. The summed E-state index contributed by atoms with van der Waals surface area (Å²) in [5, 5.41) is 7.88. The smallest absolute Gasteiger partial charge is 0.335 e. The first-order chi connectivity index (χ1) is 14.0. The number of piperidine rings is 1. The number of aromatic nitrogens is 3. The number of nitrogens with zero attached hydrogens (tertiary/aromatic N) is 4. The van der Waals surface area contributed by atoms with Gasteiger partial charge in [-0.05, 0) is 57.0 Å². The first-order valence-corrected chi connectivity index (χ1v) is 10.7. The average Bonchev–Trinajstić information content (AvgIpc) is 3.14. The molecule has 2 atom stereocenters. The molecule has 0 bridgehead atoms. The van der Waals surface area contributed by atoms with E-state index in [9.17, 15) is 9.59 Å². The van der Waals surface area contributed by atoms with Crippen molar-refractivity contribution < 1.29 is 19.2 Å². The van der Waals surface area contributed by atoms with Crippen LogP contribution in [0.2, 0.25) is 0 Å². The normalized spacial score (nSPS) is 19.5. The van der Waals surface area contributed by atoms with Crippen LogP contribution < -0.4 is 4.84 Å². The Kier molecular flexibility index (Phi) is 9.31. The zero-order chi connectivity index (χ0) is 21.2. The molecule has 8 heteroatoms. The zero-order valence-corrected chi connectivity index (χ0v) is 18.1. The van der Waals surface area contributed by atoms with Crippen molar-refractivity contribution in [2.75, 3.05) is 26.7 Å². The van der Waals surface area contributed by atoms with Crippen LogP contribution in [-0.2, 0) is 20.7 Å². The molecule has 1 aliphatic heterocycles. The lowest BCUT2D eigenvalue weighted by Crippen LogP contribution is -2.35. The molecule has 0 amide bonds. The van der Waals surface area contributed by atoms with E-state index in [1.807, 2.05) is 26.0 Å². The Morgan fingerprint density at radius 1 is 1.34 bits per heavy atom. The summed E-state index contributed by atoms with van der Waals surface area (Å²) in [6.07, 6.45) is 8.30. The molecule has 1 aliphatic carbocycles. The fourth-order valence-corrected chi connectivity index (χ4v) is 3.47. The van der Waals surface area contributed by atoms with Crippen molar-refractivity contribution >= 4 is 18.0 Å². The molecule has 2 aliphatic rings. The van der Waals surface area contributed by atoms with Gasteiger partial charge in [0.05, 0.1) is 18.2 Å². The van der Waals surface area contributed by atoms with Gasteiger partial charge < -0.3 is 14.5 Å². The number of hydrogen-bond acceptors (Lipinski definition) is 7. The molecule has 3 rings (SSSR count). The Morgan fingerprint density at radius 2 is 2.14 bits per heavy atom. The lowest BCUT2D eigenvalue weighted by molar-refractivity contribution is -0.151. The Morgan fingerprint density at radius 3 is 2.90 bits per heavy atom. The molecule has 1 saturated heterocycles. The molecule has 8 nitrogen and oxygen atoms in total. The Labute approximate surface area is 173 Å². The van der Waals surface area contributed by atoms with Gasteiger partial charge in [-0.15, -0.1) is 5.10 Å². The summed E-state index contributed by atoms with van der Waals surface area (Å²) in [6, 6.07) is 0. The van der Waals surface area contributed by atoms with Crippen molar-refractivity contribution in [1.29, 1.82) is 0 Å². The monoisotopic (exact) mass is 406 g/mol. The summed E-state index contributed by atoms with van der Waals surface area (Å²) in [4.78, 5) is 32.9. The molecule has 2 heterocycles. The number of carbonyl (C=O) groups is 2. The molecule has 1 aromatic rings. The molecule has 0 radical (unpaired) electrons. The largest absolute Gasteiger partial charge is 0.465 e. The molecule has 0 spiro atoms. The molecular weight excluding hydrogens is 372 g/mol.